The average molecular weight is 361 g/mol. The fourth-order valence-electron chi connectivity index (χ4n) is 3.02. The number of hydrogen-bond donors (Lipinski definition) is 0. The second-order valence-corrected chi connectivity index (χ2v) is 6.00. The Labute approximate surface area is 162 Å². The van der Waals surface area contributed by atoms with Gasteiger partial charge in [-0.2, -0.15) is 0 Å². The Balaban J connectivity index is 0.000000239. The monoisotopic (exact) mass is 360 g/mol. The van der Waals surface area contributed by atoms with Crippen LogP contribution in [0.25, 0.3) is 47.9 Å². The van der Waals surface area contributed by atoms with Gasteiger partial charge in [0.2, 0.25) is 0 Å². The fourth-order valence-corrected chi connectivity index (χ4v) is 3.02. The summed E-state index contributed by atoms with van der Waals surface area (Å²) in [4.78, 5) is 0. The van der Waals surface area contributed by atoms with Crippen molar-refractivity contribution in [1.82, 2.24) is 9.13 Å². The summed E-state index contributed by atoms with van der Waals surface area (Å²) in [5, 5.41) is 8.95. The van der Waals surface area contributed by atoms with Crippen LogP contribution < -0.4 is 21.4 Å². The summed E-state index contributed by atoms with van der Waals surface area (Å²) in [6.07, 6.45) is 0. The van der Waals surface area contributed by atoms with E-state index in [0.29, 0.717) is 0 Å². The van der Waals surface area contributed by atoms with Gasteiger partial charge in [0, 0.05) is 57.0 Å². The summed E-state index contributed by atoms with van der Waals surface area (Å²) >= 11 is 0. The van der Waals surface area contributed by atoms with Gasteiger partial charge in [0.05, 0.1) is 0 Å². The van der Waals surface area contributed by atoms with Crippen molar-refractivity contribution < 1.29 is 0 Å². The van der Waals surface area contributed by atoms with Gasteiger partial charge in [-0.1, -0.05) is 96.1 Å². The Morgan fingerprint density at radius 3 is 0.889 bits per heavy atom. The van der Waals surface area contributed by atoms with Gasteiger partial charge in [-0.25, -0.2) is 0 Å². The molecule has 0 aliphatic carbocycles. The molecule has 0 amide bonds. The van der Waals surface area contributed by atoms with Crippen molar-refractivity contribution >= 4 is 47.9 Å². The Hall–Kier alpha value is -3.00. The highest BCUT2D eigenvalue weighted by atomic mass is 14.9. The first-order valence-electron chi connectivity index (χ1n) is 8.86. The molecule has 0 radical (unpaired) electrons. The zero-order chi connectivity index (χ0) is 19.4. The maximum absolute atomic E-state index is 3.99. The van der Waals surface area contributed by atoms with E-state index < -0.39 is 0 Å². The second kappa shape index (κ2) is 9.09. The molecule has 2 aromatic heterocycles. The molecule has 2 aromatic carbocycles. The molecule has 2 nitrogen and oxygen atoms in total. The highest BCUT2D eigenvalue weighted by Gasteiger charge is 1.99. The molecule has 0 aliphatic heterocycles. The highest BCUT2D eigenvalue weighted by molar-refractivity contribution is 5.84. The first-order valence-corrected chi connectivity index (χ1v) is 8.86. The number of rotatable bonds is 0. The van der Waals surface area contributed by atoms with Crippen LogP contribution in [0.15, 0.2) is 48.5 Å². The summed E-state index contributed by atoms with van der Waals surface area (Å²) in [5.74, 6) is 0. The summed E-state index contributed by atoms with van der Waals surface area (Å²) in [7, 11) is 3.98. The van der Waals surface area contributed by atoms with Gasteiger partial charge in [-0.15, -0.1) is 0 Å². The fraction of sp³-hybridized carbons (Fsp3) is 0.200. The van der Waals surface area contributed by atoms with Crippen LogP contribution in [0, 0.1) is 0 Å². The van der Waals surface area contributed by atoms with Crippen molar-refractivity contribution in [2.24, 2.45) is 14.1 Å². The summed E-state index contributed by atoms with van der Waals surface area (Å²) in [6.45, 7) is 20.0. The van der Waals surface area contributed by atoms with Crippen LogP contribution in [0.1, 0.15) is 21.3 Å². The van der Waals surface area contributed by atoms with Gasteiger partial charge in [-0.3, -0.25) is 0 Å². The second-order valence-electron chi connectivity index (χ2n) is 6.00. The van der Waals surface area contributed by atoms with Crippen LogP contribution in [0.4, 0.5) is 0 Å². The third-order valence-corrected chi connectivity index (χ3v) is 4.72. The SMILES string of the molecule is C.C=c1c2ccccc2c(=C)n1C.C=c1c2ccccc2c(=C)n1C.CC. The van der Waals surface area contributed by atoms with Crippen molar-refractivity contribution in [3.63, 3.8) is 0 Å². The molecule has 2 heterocycles. The number of fused-ring (bicyclic) bond motifs is 2. The van der Waals surface area contributed by atoms with E-state index in [4.69, 9.17) is 0 Å². The van der Waals surface area contributed by atoms with Crippen molar-refractivity contribution in [2.75, 3.05) is 0 Å². The summed E-state index contributed by atoms with van der Waals surface area (Å²) in [6, 6.07) is 16.4. The maximum Gasteiger partial charge on any atom is 0.0415 e. The number of benzene rings is 2. The first-order chi connectivity index (χ1) is 12.4. The Bertz CT molecular complexity index is 1050. The van der Waals surface area contributed by atoms with Crippen LogP contribution in [0.2, 0.25) is 0 Å². The molecule has 0 spiro atoms. The standard InChI is InChI=1S/2C11H11N.C2H6.CH4/c2*1-8-10-6-4-5-7-11(10)9(2)12(8)3;1-2;/h2*4-7H,1-2H2,3H3;1-2H3;1H4. The van der Waals surface area contributed by atoms with Gasteiger partial charge >= 0.3 is 0 Å². The molecule has 0 N–H and O–H groups in total. The van der Waals surface area contributed by atoms with Crippen molar-refractivity contribution in [3.8, 4) is 0 Å². The van der Waals surface area contributed by atoms with Crippen molar-refractivity contribution in [1.29, 1.82) is 0 Å². The van der Waals surface area contributed by atoms with E-state index >= 15 is 0 Å². The minimum atomic E-state index is 0. The molecule has 142 valence electrons. The summed E-state index contributed by atoms with van der Waals surface area (Å²) < 4.78 is 4.04. The number of nitrogens with zero attached hydrogens (tertiary/aromatic N) is 2. The normalized spacial score (nSPS) is 9.78. The molecule has 4 rings (SSSR count). The molecule has 0 fully saturated rings. The molecule has 0 bridgehead atoms. The van der Waals surface area contributed by atoms with E-state index in [2.05, 4.69) is 50.6 Å². The zero-order valence-electron chi connectivity index (χ0n) is 16.3. The van der Waals surface area contributed by atoms with Crippen LogP contribution in [0.3, 0.4) is 0 Å². The smallest absolute Gasteiger partial charge is 0.0415 e. The quantitative estimate of drug-likeness (QED) is 0.453. The van der Waals surface area contributed by atoms with E-state index in [-0.39, 0.29) is 7.43 Å². The molecular formula is C25H32N2. The molecule has 27 heavy (non-hydrogen) atoms. The molecule has 0 saturated heterocycles. The third-order valence-electron chi connectivity index (χ3n) is 4.72. The molecule has 0 atom stereocenters. The predicted octanol–water partition coefficient (Wildman–Crippen LogP) is 3.66. The van der Waals surface area contributed by atoms with Crippen LogP contribution in [0.5, 0.6) is 0 Å². The van der Waals surface area contributed by atoms with Crippen LogP contribution in [-0.4, -0.2) is 9.13 Å². The largest absolute Gasteiger partial charge is 0.345 e. The van der Waals surface area contributed by atoms with Gasteiger partial charge in [0.25, 0.3) is 0 Å². The average Bonchev–Trinajstić information content (AvgIpc) is 3.05. The highest BCUT2D eigenvalue weighted by Crippen LogP contribution is 2.03. The Morgan fingerprint density at radius 1 is 0.519 bits per heavy atom. The Kier molecular flexibility index (Phi) is 7.42. The van der Waals surface area contributed by atoms with Gasteiger partial charge < -0.3 is 9.13 Å². The lowest BCUT2D eigenvalue weighted by atomic mass is 10.2. The maximum atomic E-state index is 3.99. The zero-order valence-corrected chi connectivity index (χ0v) is 16.3. The lowest BCUT2D eigenvalue weighted by molar-refractivity contribution is 0.871. The topological polar surface area (TPSA) is 9.86 Å². The van der Waals surface area contributed by atoms with E-state index in [1.807, 2.05) is 61.3 Å². The summed E-state index contributed by atoms with van der Waals surface area (Å²) in [5.41, 5.74) is 0. The molecule has 0 unspecified atom stereocenters. The van der Waals surface area contributed by atoms with E-state index in [1.165, 1.54) is 21.5 Å². The van der Waals surface area contributed by atoms with E-state index in [1.54, 1.807) is 0 Å². The van der Waals surface area contributed by atoms with Crippen molar-refractivity contribution in [2.45, 2.75) is 21.3 Å². The number of hydrogen-bond acceptors (Lipinski definition) is 0. The van der Waals surface area contributed by atoms with Gasteiger partial charge in [0.15, 0.2) is 0 Å². The molecule has 0 saturated carbocycles. The first kappa shape index (κ1) is 22.0. The van der Waals surface area contributed by atoms with Crippen molar-refractivity contribution in [3.05, 3.63) is 69.9 Å². The van der Waals surface area contributed by atoms with Gasteiger partial charge in [-0.05, 0) is 0 Å². The Morgan fingerprint density at radius 2 is 0.704 bits per heavy atom. The predicted molar refractivity (Wildman–Crippen MR) is 125 cm³/mol. The molecule has 2 heteroatoms. The van der Waals surface area contributed by atoms with Gasteiger partial charge in [0.1, 0.15) is 0 Å². The minimum absolute atomic E-state index is 0. The lowest BCUT2D eigenvalue weighted by Crippen LogP contribution is -2.20. The van der Waals surface area contributed by atoms with Crippen LogP contribution >= 0.6 is 0 Å². The van der Waals surface area contributed by atoms with Crippen LogP contribution in [-0.2, 0) is 14.1 Å². The molecule has 4 aromatic rings. The lowest BCUT2D eigenvalue weighted by Gasteiger charge is -1.87. The molecular weight excluding hydrogens is 328 g/mol. The minimum Gasteiger partial charge on any atom is -0.345 e. The molecule has 0 aliphatic rings. The van der Waals surface area contributed by atoms with E-state index in [9.17, 15) is 0 Å². The van der Waals surface area contributed by atoms with E-state index in [0.717, 1.165) is 21.4 Å². The number of aromatic nitrogens is 2. The third kappa shape index (κ3) is 3.90.